The summed E-state index contributed by atoms with van der Waals surface area (Å²) in [6.07, 6.45) is -0.712. The molecule has 0 saturated carbocycles. The average Bonchev–Trinajstić information content (AvgIpc) is 2.71. The van der Waals surface area contributed by atoms with Gasteiger partial charge in [0.2, 0.25) is 0 Å². The standard InChI is InChI=1S/C13H11NO4S/c1-8-7-19-11(10(8)12(15)16)14-13(17)18-9-5-3-2-4-6-9/h2-7H,1H3,(H,14,17)(H,15,16). The first-order valence-corrected chi connectivity index (χ1v) is 6.31. The Kier molecular flexibility index (Phi) is 3.82. The van der Waals surface area contributed by atoms with Crippen molar-refractivity contribution in [3.63, 3.8) is 0 Å². The summed E-state index contributed by atoms with van der Waals surface area (Å²) in [6, 6.07) is 8.55. The van der Waals surface area contributed by atoms with E-state index in [0.717, 1.165) is 11.3 Å². The number of aryl methyl sites for hydroxylation is 1. The van der Waals surface area contributed by atoms with Gasteiger partial charge in [-0.1, -0.05) is 18.2 Å². The zero-order valence-corrected chi connectivity index (χ0v) is 10.9. The first-order valence-electron chi connectivity index (χ1n) is 5.43. The molecular formula is C13H11NO4S. The number of benzene rings is 1. The quantitative estimate of drug-likeness (QED) is 0.902. The molecule has 0 aliphatic carbocycles. The van der Waals surface area contributed by atoms with Gasteiger partial charge in [0.05, 0.1) is 5.56 Å². The molecule has 0 atom stereocenters. The summed E-state index contributed by atoms with van der Waals surface area (Å²) < 4.78 is 5.03. The van der Waals surface area contributed by atoms with Crippen molar-refractivity contribution in [1.82, 2.24) is 0 Å². The van der Waals surface area contributed by atoms with Crippen LogP contribution in [0.15, 0.2) is 35.7 Å². The van der Waals surface area contributed by atoms with Crippen LogP contribution in [0.1, 0.15) is 15.9 Å². The number of aromatic carboxylic acids is 1. The first kappa shape index (κ1) is 13.1. The molecule has 1 amide bonds. The number of nitrogens with one attached hydrogen (secondary N) is 1. The van der Waals surface area contributed by atoms with Crippen LogP contribution in [0.4, 0.5) is 9.80 Å². The summed E-state index contributed by atoms with van der Waals surface area (Å²) in [7, 11) is 0. The second-order valence-electron chi connectivity index (χ2n) is 3.76. The van der Waals surface area contributed by atoms with Gasteiger partial charge in [-0.2, -0.15) is 0 Å². The molecule has 0 fully saturated rings. The molecule has 0 unspecified atom stereocenters. The van der Waals surface area contributed by atoms with Crippen molar-refractivity contribution < 1.29 is 19.4 Å². The van der Waals surface area contributed by atoms with Crippen LogP contribution in [0.2, 0.25) is 0 Å². The molecule has 0 radical (unpaired) electrons. The Morgan fingerprint density at radius 2 is 1.95 bits per heavy atom. The first-order chi connectivity index (χ1) is 9.08. The van der Waals surface area contributed by atoms with Crippen LogP contribution in [0.25, 0.3) is 0 Å². The number of carboxylic acids is 1. The van der Waals surface area contributed by atoms with Crippen LogP contribution < -0.4 is 10.1 Å². The molecule has 1 aromatic carbocycles. The summed E-state index contributed by atoms with van der Waals surface area (Å²) in [5.74, 6) is -0.682. The Morgan fingerprint density at radius 3 is 2.58 bits per heavy atom. The molecule has 1 aromatic heterocycles. The number of thiophene rings is 1. The molecular weight excluding hydrogens is 266 g/mol. The summed E-state index contributed by atoms with van der Waals surface area (Å²) in [6.45, 7) is 1.67. The van der Waals surface area contributed by atoms with Gasteiger partial charge >= 0.3 is 12.1 Å². The molecule has 1 heterocycles. The number of carboxylic acid groups (broad SMARTS) is 1. The number of ether oxygens (including phenoxy) is 1. The Hall–Kier alpha value is -2.34. The van der Waals surface area contributed by atoms with E-state index < -0.39 is 12.1 Å². The molecule has 0 aliphatic heterocycles. The lowest BCUT2D eigenvalue weighted by Gasteiger charge is -2.05. The molecule has 2 rings (SSSR count). The van der Waals surface area contributed by atoms with E-state index in [1.54, 1.807) is 42.6 Å². The van der Waals surface area contributed by atoms with Crippen LogP contribution in [0.5, 0.6) is 5.75 Å². The second-order valence-corrected chi connectivity index (χ2v) is 4.64. The van der Waals surface area contributed by atoms with Gasteiger partial charge in [-0.3, -0.25) is 5.32 Å². The van der Waals surface area contributed by atoms with E-state index >= 15 is 0 Å². The normalized spacial score (nSPS) is 9.95. The third kappa shape index (κ3) is 3.11. The van der Waals surface area contributed by atoms with Gasteiger partial charge < -0.3 is 9.84 Å². The lowest BCUT2D eigenvalue weighted by Crippen LogP contribution is -2.17. The minimum absolute atomic E-state index is 0.0926. The van der Waals surface area contributed by atoms with Crippen molar-refractivity contribution >= 4 is 28.4 Å². The lowest BCUT2D eigenvalue weighted by atomic mass is 10.2. The van der Waals surface area contributed by atoms with Crippen molar-refractivity contribution in [3.05, 3.63) is 46.8 Å². The van der Waals surface area contributed by atoms with Crippen LogP contribution in [-0.4, -0.2) is 17.2 Å². The fourth-order valence-corrected chi connectivity index (χ4v) is 2.44. The lowest BCUT2D eigenvalue weighted by molar-refractivity contribution is 0.0698. The van der Waals surface area contributed by atoms with Crippen LogP contribution in [0, 0.1) is 6.92 Å². The van der Waals surface area contributed by atoms with E-state index in [1.165, 1.54) is 0 Å². The Morgan fingerprint density at radius 1 is 1.26 bits per heavy atom. The van der Waals surface area contributed by atoms with Crippen LogP contribution >= 0.6 is 11.3 Å². The Balaban J connectivity index is 2.10. The third-order valence-electron chi connectivity index (χ3n) is 2.36. The van der Waals surface area contributed by atoms with E-state index in [1.807, 2.05) is 0 Å². The largest absolute Gasteiger partial charge is 0.478 e. The molecule has 19 heavy (non-hydrogen) atoms. The number of anilines is 1. The average molecular weight is 277 g/mol. The monoisotopic (exact) mass is 277 g/mol. The number of carbonyl (C=O) groups excluding carboxylic acids is 1. The SMILES string of the molecule is Cc1csc(NC(=O)Oc2ccccc2)c1C(=O)O. The van der Waals surface area contributed by atoms with Crippen molar-refractivity contribution in [3.8, 4) is 5.75 Å². The fraction of sp³-hybridized carbons (Fsp3) is 0.0769. The number of amides is 1. The zero-order valence-electron chi connectivity index (χ0n) is 10.0. The van der Waals surface area contributed by atoms with Crippen molar-refractivity contribution in [1.29, 1.82) is 0 Å². The van der Waals surface area contributed by atoms with Gasteiger partial charge in [-0.15, -0.1) is 11.3 Å². The number of hydrogen-bond acceptors (Lipinski definition) is 4. The van der Waals surface area contributed by atoms with E-state index in [9.17, 15) is 9.59 Å². The topological polar surface area (TPSA) is 75.6 Å². The minimum atomic E-state index is -1.08. The predicted molar refractivity (Wildman–Crippen MR) is 72.1 cm³/mol. The van der Waals surface area contributed by atoms with Gasteiger partial charge in [-0.05, 0) is 30.0 Å². The summed E-state index contributed by atoms with van der Waals surface area (Å²) >= 11 is 1.15. The molecule has 2 N–H and O–H groups in total. The third-order valence-corrected chi connectivity index (χ3v) is 3.37. The summed E-state index contributed by atoms with van der Waals surface area (Å²) in [5, 5.41) is 13.4. The highest BCUT2D eigenvalue weighted by Crippen LogP contribution is 2.27. The van der Waals surface area contributed by atoms with E-state index in [-0.39, 0.29) is 10.6 Å². The zero-order chi connectivity index (χ0) is 13.8. The maximum absolute atomic E-state index is 11.6. The molecule has 0 bridgehead atoms. The van der Waals surface area contributed by atoms with Gasteiger partial charge in [0.25, 0.3) is 0 Å². The summed E-state index contributed by atoms with van der Waals surface area (Å²) in [4.78, 5) is 22.7. The Labute approximate surface area is 113 Å². The van der Waals surface area contributed by atoms with Gasteiger partial charge in [0, 0.05) is 0 Å². The van der Waals surface area contributed by atoms with Gasteiger partial charge in [0.15, 0.2) is 0 Å². The number of carbonyl (C=O) groups is 2. The molecule has 0 spiro atoms. The Bertz CT molecular complexity index is 606. The number of para-hydroxylation sites is 1. The predicted octanol–water partition coefficient (Wildman–Crippen LogP) is 3.37. The van der Waals surface area contributed by atoms with Crippen molar-refractivity contribution in [2.45, 2.75) is 6.92 Å². The molecule has 5 nitrogen and oxygen atoms in total. The van der Waals surface area contributed by atoms with E-state index in [4.69, 9.17) is 9.84 Å². The van der Waals surface area contributed by atoms with Gasteiger partial charge in [-0.25, -0.2) is 9.59 Å². The highest BCUT2D eigenvalue weighted by atomic mass is 32.1. The van der Waals surface area contributed by atoms with E-state index in [0.29, 0.717) is 11.3 Å². The minimum Gasteiger partial charge on any atom is -0.478 e. The maximum atomic E-state index is 11.6. The summed E-state index contributed by atoms with van der Waals surface area (Å²) in [5.41, 5.74) is 0.697. The fourth-order valence-electron chi connectivity index (χ4n) is 1.52. The molecule has 0 aliphatic rings. The maximum Gasteiger partial charge on any atom is 0.417 e. The van der Waals surface area contributed by atoms with Gasteiger partial charge in [0.1, 0.15) is 10.8 Å². The molecule has 0 saturated heterocycles. The van der Waals surface area contributed by atoms with Crippen LogP contribution in [0.3, 0.4) is 0 Å². The molecule has 98 valence electrons. The molecule has 2 aromatic rings. The van der Waals surface area contributed by atoms with Crippen LogP contribution in [-0.2, 0) is 0 Å². The van der Waals surface area contributed by atoms with Crippen molar-refractivity contribution in [2.24, 2.45) is 0 Å². The smallest absolute Gasteiger partial charge is 0.417 e. The second kappa shape index (κ2) is 5.53. The van der Waals surface area contributed by atoms with E-state index in [2.05, 4.69) is 5.32 Å². The highest BCUT2D eigenvalue weighted by molar-refractivity contribution is 7.15. The molecule has 6 heteroatoms. The number of hydrogen-bond donors (Lipinski definition) is 2. The highest BCUT2D eigenvalue weighted by Gasteiger charge is 2.18. The number of rotatable bonds is 3. The van der Waals surface area contributed by atoms with Crippen molar-refractivity contribution in [2.75, 3.05) is 5.32 Å².